The number of nitrogens with zero attached hydrogens (tertiary/aromatic N) is 6. The molecule has 1 aromatic carbocycles. The van der Waals surface area contributed by atoms with Gasteiger partial charge in [-0.05, 0) is 41.8 Å². The number of hydrogen-bond acceptors (Lipinski definition) is 5. The number of hydrogen-bond donors (Lipinski definition) is 0. The maximum atomic E-state index is 13.0. The Labute approximate surface area is 176 Å². The van der Waals surface area contributed by atoms with Gasteiger partial charge in [-0.1, -0.05) is 36.7 Å². The van der Waals surface area contributed by atoms with Crippen LogP contribution in [0.15, 0.2) is 65.8 Å². The van der Waals surface area contributed by atoms with Gasteiger partial charge in [-0.3, -0.25) is 9.78 Å². The van der Waals surface area contributed by atoms with Gasteiger partial charge in [0.05, 0.1) is 17.8 Å². The van der Waals surface area contributed by atoms with E-state index in [2.05, 4.69) is 15.2 Å². The molecule has 8 heteroatoms. The molecule has 5 rings (SSSR count). The van der Waals surface area contributed by atoms with Crippen LogP contribution in [0, 0.1) is 0 Å². The van der Waals surface area contributed by atoms with Crippen LogP contribution in [0.4, 0.5) is 0 Å². The fraction of sp³-hybridized carbons (Fsp3) is 0.136. The Morgan fingerprint density at radius 1 is 1.07 bits per heavy atom. The first-order valence-corrected chi connectivity index (χ1v) is 9.96. The third kappa shape index (κ3) is 3.04. The van der Waals surface area contributed by atoms with Crippen molar-refractivity contribution in [2.75, 3.05) is 0 Å². The van der Waals surface area contributed by atoms with Gasteiger partial charge in [0.1, 0.15) is 5.52 Å². The second-order valence-electron chi connectivity index (χ2n) is 6.96. The van der Waals surface area contributed by atoms with Crippen molar-refractivity contribution in [3.63, 3.8) is 0 Å². The lowest BCUT2D eigenvalue weighted by Crippen LogP contribution is -2.22. The molecular weight excluding hydrogens is 400 g/mol. The molecule has 5 aromatic rings. The predicted octanol–water partition coefficient (Wildman–Crippen LogP) is 3.77. The molecule has 0 aliphatic carbocycles. The minimum absolute atomic E-state index is 0.215. The normalized spacial score (nSPS) is 11.4. The molecule has 7 nitrogen and oxygen atoms in total. The van der Waals surface area contributed by atoms with E-state index in [1.165, 1.54) is 0 Å². The third-order valence-electron chi connectivity index (χ3n) is 5.07. The number of pyridine rings is 2. The molecular formula is C22H17ClN6O. The van der Waals surface area contributed by atoms with Gasteiger partial charge in [0.2, 0.25) is 0 Å². The Bertz CT molecular complexity index is 1420. The third-order valence-corrected chi connectivity index (χ3v) is 5.32. The number of halogens is 1. The fourth-order valence-corrected chi connectivity index (χ4v) is 3.73. The van der Waals surface area contributed by atoms with E-state index < -0.39 is 0 Å². The predicted molar refractivity (Wildman–Crippen MR) is 116 cm³/mol. The Hall–Kier alpha value is -3.58. The van der Waals surface area contributed by atoms with Gasteiger partial charge < -0.3 is 4.57 Å². The Morgan fingerprint density at radius 3 is 2.63 bits per heavy atom. The van der Waals surface area contributed by atoms with Crippen molar-refractivity contribution in [1.29, 1.82) is 0 Å². The molecule has 0 N–H and O–H groups in total. The Kier molecular flexibility index (Phi) is 4.52. The molecule has 4 heterocycles. The van der Waals surface area contributed by atoms with Crippen LogP contribution >= 0.6 is 11.6 Å². The monoisotopic (exact) mass is 416 g/mol. The largest absolute Gasteiger partial charge is 0.309 e. The van der Waals surface area contributed by atoms with Gasteiger partial charge in [0.25, 0.3) is 5.56 Å². The van der Waals surface area contributed by atoms with Gasteiger partial charge in [0, 0.05) is 23.6 Å². The highest BCUT2D eigenvalue weighted by Crippen LogP contribution is 2.29. The summed E-state index contributed by atoms with van der Waals surface area (Å²) in [7, 11) is 0. The van der Waals surface area contributed by atoms with Crippen LogP contribution in [0.1, 0.15) is 18.2 Å². The van der Waals surface area contributed by atoms with Crippen molar-refractivity contribution in [2.24, 2.45) is 0 Å². The quantitative estimate of drug-likeness (QED) is 0.445. The first kappa shape index (κ1) is 18.4. The van der Waals surface area contributed by atoms with Crippen LogP contribution < -0.4 is 5.56 Å². The lowest BCUT2D eigenvalue weighted by molar-refractivity contribution is 0.757. The van der Waals surface area contributed by atoms with Crippen LogP contribution in [0.3, 0.4) is 0 Å². The molecule has 0 amide bonds. The summed E-state index contributed by atoms with van der Waals surface area (Å²) in [4.78, 5) is 17.1. The summed E-state index contributed by atoms with van der Waals surface area (Å²) in [5, 5.41) is 14.1. The molecule has 0 radical (unpaired) electrons. The summed E-state index contributed by atoms with van der Waals surface area (Å²) < 4.78 is 3.31. The van der Waals surface area contributed by atoms with Crippen LogP contribution in [0.25, 0.3) is 27.8 Å². The van der Waals surface area contributed by atoms with E-state index in [-0.39, 0.29) is 11.1 Å². The maximum absolute atomic E-state index is 13.0. The molecule has 0 saturated carbocycles. The van der Waals surface area contributed by atoms with E-state index >= 15 is 0 Å². The smallest absolute Gasteiger partial charge is 0.280 e. The molecule has 0 fully saturated rings. The Morgan fingerprint density at radius 2 is 1.90 bits per heavy atom. The van der Waals surface area contributed by atoms with Crippen LogP contribution in [-0.4, -0.2) is 29.4 Å². The van der Waals surface area contributed by atoms with E-state index in [0.29, 0.717) is 22.7 Å². The molecule has 30 heavy (non-hydrogen) atoms. The highest BCUT2D eigenvalue weighted by atomic mass is 35.5. The topological polar surface area (TPSA) is 78.0 Å². The van der Waals surface area contributed by atoms with E-state index in [4.69, 9.17) is 16.7 Å². The zero-order valence-corrected chi connectivity index (χ0v) is 16.9. The van der Waals surface area contributed by atoms with Gasteiger partial charge >= 0.3 is 0 Å². The second-order valence-corrected chi connectivity index (χ2v) is 7.40. The van der Waals surface area contributed by atoms with Crippen molar-refractivity contribution in [2.45, 2.75) is 19.9 Å². The summed E-state index contributed by atoms with van der Waals surface area (Å²) in [5.74, 6) is 0. The second kappa shape index (κ2) is 7.35. The average molecular weight is 417 g/mol. The lowest BCUT2D eigenvalue weighted by Gasteiger charge is -2.07. The number of aryl methyl sites for hydroxylation is 1. The Balaban J connectivity index is 1.70. The fourth-order valence-electron chi connectivity index (χ4n) is 3.60. The minimum atomic E-state index is -0.215. The SMILES string of the molecule is CCc1nn2c(nnc3c(=O)n(Cc4cccnc4)ccc32)c1-c1ccc(Cl)cc1. The number of aromatic nitrogens is 6. The first-order chi connectivity index (χ1) is 14.7. The zero-order chi connectivity index (χ0) is 20.7. The van der Waals surface area contributed by atoms with E-state index in [0.717, 1.165) is 28.8 Å². The molecule has 0 unspecified atom stereocenters. The standard InChI is InChI=1S/C22H17ClN6O/c1-2-17-19(15-5-7-16(23)8-6-15)21-26-25-20-18(29(21)27-17)9-11-28(22(20)30)13-14-4-3-10-24-12-14/h3-12H,2,13H2,1H3. The summed E-state index contributed by atoms with van der Waals surface area (Å²) >= 11 is 6.04. The van der Waals surface area contributed by atoms with Crippen molar-refractivity contribution in [3.05, 3.63) is 87.7 Å². The highest BCUT2D eigenvalue weighted by molar-refractivity contribution is 6.30. The van der Waals surface area contributed by atoms with Gasteiger partial charge in [-0.2, -0.15) is 5.10 Å². The zero-order valence-electron chi connectivity index (χ0n) is 16.2. The molecule has 0 saturated heterocycles. The summed E-state index contributed by atoms with van der Waals surface area (Å²) in [6, 6.07) is 13.2. The summed E-state index contributed by atoms with van der Waals surface area (Å²) in [6.07, 6.45) is 5.93. The van der Waals surface area contributed by atoms with Crippen molar-refractivity contribution >= 4 is 28.3 Å². The van der Waals surface area contributed by atoms with Crippen LogP contribution in [-0.2, 0) is 13.0 Å². The van der Waals surface area contributed by atoms with E-state index in [1.807, 2.05) is 49.4 Å². The average Bonchev–Trinajstić information content (AvgIpc) is 3.16. The lowest BCUT2D eigenvalue weighted by atomic mass is 10.0. The van der Waals surface area contributed by atoms with Gasteiger partial charge in [0.15, 0.2) is 11.2 Å². The van der Waals surface area contributed by atoms with Crippen LogP contribution in [0.5, 0.6) is 0 Å². The molecule has 0 atom stereocenters. The number of rotatable bonds is 4. The molecule has 0 spiro atoms. The molecule has 0 aliphatic rings. The molecule has 0 aliphatic heterocycles. The summed E-state index contributed by atoms with van der Waals surface area (Å²) in [6.45, 7) is 2.45. The van der Waals surface area contributed by atoms with E-state index in [1.54, 1.807) is 27.7 Å². The number of fused-ring (bicyclic) bond motifs is 3. The molecule has 148 valence electrons. The van der Waals surface area contributed by atoms with Crippen molar-refractivity contribution < 1.29 is 0 Å². The van der Waals surface area contributed by atoms with Crippen LogP contribution in [0.2, 0.25) is 5.02 Å². The first-order valence-electron chi connectivity index (χ1n) is 9.58. The molecule has 4 aromatic heterocycles. The minimum Gasteiger partial charge on any atom is -0.309 e. The van der Waals surface area contributed by atoms with Crippen molar-refractivity contribution in [1.82, 2.24) is 29.4 Å². The molecule has 0 bridgehead atoms. The highest BCUT2D eigenvalue weighted by Gasteiger charge is 2.18. The van der Waals surface area contributed by atoms with Gasteiger partial charge in [-0.25, -0.2) is 4.52 Å². The van der Waals surface area contributed by atoms with Crippen molar-refractivity contribution in [3.8, 4) is 11.1 Å². The maximum Gasteiger partial charge on any atom is 0.280 e. The summed E-state index contributed by atoms with van der Waals surface area (Å²) in [5.41, 5.74) is 5.00. The van der Waals surface area contributed by atoms with E-state index in [9.17, 15) is 4.79 Å². The van der Waals surface area contributed by atoms with Gasteiger partial charge in [-0.15, -0.1) is 10.2 Å². The number of benzene rings is 1.